The zero-order chi connectivity index (χ0) is 11.4. The Morgan fingerprint density at radius 1 is 1.44 bits per heavy atom. The van der Waals surface area contributed by atoms with Crippen molar-refractivity contribution in [3.05, 3.63) is 35.9 Å². The molecule has 3 heteroatoms. The van der Waals surface area contributed by atoms with Crippen molar-refractivity contribution >= 4 is 5.91 Å². The van der Waals surface area contributed by atoms with Gasteiger partial charge in [0.15, 0.2) is 0 Å². The summed E-state index contributed by atoms with van der Waals surface area (Å²) in [6.45, 7) is 3.76. The fourth-order valence-electron chi connectivity index (χ4n) is 2.04. The van der Waals surface area contributed by atoms with Gasteiger partial charge >= 0.3 is 0 Å². The maximum Gasteiger partial charge on any atom is 0.239 e. The van der Waals surface area contributed by atoms with Gasteiger partial charge < -0.3 is 0 Å². The number of carbonyl (C=O) groups excluding carboxylic acids is 1. The van der Waals surface area contributed by atoms with E-state index in [2.05, 4.69) is 17.6 Å². The van der Waals surface area contributed by atoms with Crippen LogP contribution in [0.3, 0.4) is 0 Å². The van der Waals surface area contributed by atoms with E-state index in [9.17, 15) is 4.79 Å². The third-order valence-electron chi connectivity index (χ3n) is 2.93. The van der Waals surface area contributed by atoms with Gasteiger partial charge in [-0.1, -0.05) is 37.3 Å². The van der Waals surface area contributed by atoms with Gasteiger partial charge in [-0.25, -0.2) is 5.43 Å². The first kappa shape index (κ1) is 11.1. The molecular formula is C13H18N2O. The molecule has 1 amide bonds. The lowest BCUT2D eigenvalue weighted by Gasteiger charge is -2.20. The first-order chi connectivity index (χ1) is 7.77. The predicted molar refractivity (Wildman–Crippen MR) is 63.6 cm³/mol. The largest absolute Gasteiger partial charge is 0.278 e. The molecule has 16 heavy (non-hydrogen) atoms. The Labute approximate surface area is 96.4 Å². The second kappa shape index (κ2) is 5.12. The summed E-state index contributed by atoms with van der Waals surface area (Å²) in [5, 5.41) is 1.76. The summed E-state index contributed by atoms with van der Waals surface area (Å²) in [6, 6.07) is 10.2. The van der Waals surface area contributed by atoms with E-state index in [1.54, 1.807) is 5.01 Å². The SMILES string of the molecule is C[C@@H](Cc1ccccc1)C(=O)N1CCCN1. The summed E-state index contributed by atoms with van der Waals surface area (Å²) in [5.41, 5.74) is 4.33. The fourth-order valence-corrected chi connectivity index (χ4v) is 2.04. The summed E-state index contributed by atoms with van der Waals surface area (Å²) >= 11 is 0. The molecule has 0 bridgehead atoms. The van der Waals surface area contributed by atoms with Crippen LogP contribution in [0.5, 0.6) is 0 Å². The maximum absolute atomic E-state index is 12.0. The lowest BCUT2D eigenvalue weighted by atomic mass is 10.0. The van der Waals surface area contributed by atoms with Gasteiger partial charge in [0.05, 0.1) is 0 Å². The maximum atomic E-state index is 12.0. The highest BCUT2D eigenvalue weighted by Gasteiger charge is 2.22. The first-order valence-corrected chi connectivity index (χ1v) is 5.86. The summed E-state index contributed by atoms with van der Waals surface area (Å²) in [6.07, 6.45) is 1.88. The molecule has 1 aromatic carbocycles. The second-order valence-corrected chi connectivity index (χ2v) is 4.34. The molecule has 0 saturated carbocycles. The molecule has 0 aliphatic carbocycles. The van der Waals surface area contributed by atoms with Crippen LogP contribution < -0.4 is 5.43 Å². The molecule has 3 nitrogen and oxygen atoms in total. The van der Waals surface area contributed by atoms with Gasteiger partial charge in [0, 0.05) is 19.0 Å². The van der Waals surface area contributed by atoms with E-state index in [-0.39, 0.29) is 11.8 Å². The number of carbonyl (C=O) groups is 1. The Hall–Kier alpha value is -1.35. The summed E-state index contributed by atoms with van der Waals surface area (Å²) in [7, 11) is 0. The molecule has 86 valence electrons. The van der Waals surface area contributed by atoms with E-state index in [4.69, 9.17) is 0 Å². The molecule has 1 atom stereocenters. The molecule has 0 aromatic heterocycles. The van der Waals surface area contributed by atoms with E-state index in [1.165, 1.54) is 5.56 Å². The molecule has 1 aliphatic heterocycles. The van der Waals surface area contributed by atoms with Crippen molar-refractivity contribution in [1.29, 1.82) is 0 Å². The van der Waals surface area contributed by atoms with Crippen molar-refractivity contribution < 1.29 is 4.79 Å². The Balaban J connectivity index is 1.92. The number of nitrogens with zero attached hydrogens (tertiary/aromatic N) is 1. The number of nitrogens with one attached hydrogen (secondary N) is 1. The minimum atomic E-state index is 0.0491. The number of rotatable bonds is 3. The summed E-state index contributed by atoms with van der Waals surface area (Å²) in [5.74, 6) is 0.259. The lowest BCUT2D eigenvalue weighted by molar-refractivity contribution is -0.136. The molecule has 0 unspecified atom stereocenters. The van der Waals surface area contributed by atoms with Gasteiger partial charge in [-0.05, 0) is 18.4 Å². The molecule has 0 radical (unpaired) electrons. The quantitative estimate of drug-likeness (QED) is 0.835. The van der Waals surface area contributed by atoms with Crippen LogP contribution in [0.1, 0.15) is 18.9 Å². The van der Waals surface area contributed by atoms with E-state index < -0.39 is 0 Å². The van der Waals surface area contributed by atoms with E-state index in [0.717, 1.165) is 25.9 Å². The Bertz CT molecular complexity index is 344. The van der Waals surface area contributed by atoms with Crippen LogP contribution in [0.15, 0.2) is 30.3 Å². The van der Waals surface area contributed by atoms with Crippen molar-refractivity contribution in [2.75, 3.05) is 13.1 Å². The molecule has 1 heterocycles. The Kier molecular flexibility index (Phi) is 3.57. The molecule has 1 N–H and O–H groups in total. The summed E-state index contributed by atoms with van der Waals surface area (Å²) < 4.78 is 0. The molecule has 2 rings (SSSR count). The minimum Gasteiger partial charge on any atom is -0.278 e. The van der Waals surface area contributed by atoms with Gasteiger partial charge in [0.2, 0.25) is 5.91 Å². The highest BCUT2D eigenvalue weighted by Crippen LogP contribution is 2.12. The average molecular weight is 218 g/mol. The molecule has 1 aliphatic rings. The van der Waals surface area contributed by atoms with Gasteiger partial charge in [-0.15, -0.1) is 0 Å². The van der Waals surface area contributed by atoms with Crippen LogP contribution in [0, 0.1) is 5.92 Å². The molecule has 1 saturated heterocycles. The first-order valence-electron chi connectivity index (χ1n) is 5.86. The van der Waals surface area contributed by atoms with Crippen LogP contribution in [0.25, 0.3) is 0 Å². The van der Waals surface area contributed by atoms with Crippen LogP contribution in [-0.2, 0) is 11.2 Å². The molecular weight excluding hydrogens is 200 g/mol. The normalized spacial score (nSPS) is 17.4. The van der Waals surface area contributed by atoms with Crippen molar-refractivity contribution in [3.8, 4) is 0 Å². The standard InChI is InChI=1S/C13H18N2O/c1-11(10-12-6-3-2-4-7-12)13(16)15-9-5-8-14-15/h2-4,6-7,11,14H,5,8-10H2,1H3/t11-/m0/s1. The minimum absolute atomic E-state index is 0.0491. The number of hydrazine groups is 1. The van der Waals surface area contributed by atoms with E-state index in [1.807, 2.05) is 25.1 Å². The third kappa shape index (κ3) is 2.61. The number of benzene rings is 1. The molecule has 1 fully saturated rings. The smallest absolute Gasteiger partial charge is 0.239 e. The zero-order valence-corrected chi connectivity index (χ0v) is 9.65. The molecule has 0 spiro atoms. The topological polar surface area (TPSA) is 32.3 Å². The van der Waals surface area contributed by atoms with Crippen molar-refractivity contribution in [2.24, 2.45) is 5.92 Å². The van der Waals surface area contributed by atoms with Crippen LogP contribution in [-0.4, -0.2) is 24.0 Å². The monoisotopic (exact) mass is 218 g/mol. The van der Waals surface area contributed by atoms with E-state index in [0.29, 0.717) is 0 Å². The fraction of sp³-hybridized carbons (Fsp3) is 0.462. The number of amides is 1. The second-order valence-electron chi connectivity index (χ2n) is 4.34. The number of hydrogen-bond donors (Lipinski definition) is 1. The lowest BCUT2D eigenvalue weighted by Crippen LogP contribution is -2.40. The predicted octanol–water partition coefficient (Wildman–Crippen LogP) is 1.60. The number of hydrogen-bond acceptors (Lipinski definition) is 2. The Morgan fingerprint density at radius 2 is 2.19 bits per heavy atom. The zero-order valence-electron chi connectivity index (χ0n) is 9.65. The van der Waals surface area contributed by atoms with Crippen LogP contribution in [0.4, 0.5) is 0 Å². The summed E-state index contributed by atoms with van der Waals surface area (Å²) in [4.78, 5) is 12.0. The van der Waals surface area contributed by atoms with Gasteiger partial charge in [-0.2, -0.15) is 0 Å². The van der Waals surface area contributed by atoms with Crippen LogP contribution >= 0.6 is 0 Å². The van der Waals surface area contributed by atoms with Gasteiger partial charge in [0.25, 0.3) is 0 Å². The molecule has 1 aromatic rings. The average Bonchev–Trinajstić information content (AvgIpc) is 2.83. The van der Waals surface area contributed by atoms with Gasteiger partial charge in [-0.3, -0.25) is 9.80 Å². The Morgan fingerprint density at radius 3 is 2.81 bits per heavy atom. The van der Waals surface area contributed by atoms with E-state index >= 15 is 0 Å². The van der Waals surface area contributed by atoms with Crippen molar-refractivity contribution in [1.82, 2.24) is 10.4 Å². The highest BCUT2D eigenvalue weighted by molar-refractivity contribution is 5.78. The van der Waals surface area contributed by atoms with Crippen molar-refractivity contribution in [2.45, 2.75) is 19.8 Å². The van der Waals surface area contributed by atoms with Gasteiger partial charge in [0.1, 0.15) is 0 Å². The van der Waals surface area contributed by atoms with Crippen molar-refractivity contribution in [3.63, 3.8) is 0 Å². The van der Waals surface area contributed by atoms with Crippen LogP contribution in [0.2, 0.25) is 0 Å². The highest BCUT2D eigenvalue weighted by atomic mass is 16.2. The third-order valence-corrected chi connectivity index (χ3v) is 2.93.